The summed E-state index contributed by atoms with van der Waals surface area (Å²) in [5.41, 5.74) is 4.39. The summed E-state index contributed by atoms with van der Waals surface area (Å²) in [6.07, 6.45) is 12.1. The number of Topliss-reactive ketones (excluding diaryl/α,β-unsaturated/α-hetero) is 1. The van der Waals surface area contributed by atoms with Crippen LogP contribution in [-0.4, -0.2) is 38.9 Å². The van der Waals surface area contributed by atoms with Crippen molar-refractivity contribution in [3.63, 3.8) is 0 Å². The number of aryl methyl sites for hydroxylation is 3. The first-order valence-corrected chi connectivity index (χ1v) is 11.1. The van der Waals surface area contributed by atoms with Crippen LogP contribution in [0.2, 0.25) is 0 Å². The Balaban J connectivity index is 1.47. The number of carbonyl (C=O) groups is 2. The Hall–Kier alpha value is -2.83. The molecule has 0 fully saturated rings. The number of ketones is 1. The number of ether oxygens (including phenoxy) is 1. The van der Waals surface area contributed by atoms with Gasteiger partial charge in [-0.2, -0.15) is 0 Å². The van der Waals surface area contributed by atoms with Crippen LogP contribution in [0.15, 0.2) is 24.5 Å². The first kappa shape index (κ1) is 22.8. The number of rotatable bonds is 11. The largest absolute Gasteiger partial charge is 0.481 e. The van der Waals surface area contributed by atoms with E-state index in [1.807, 2.05) is 0 Å². The van der Waals surface area contributed by atoms with E-state index < -0.39 is 11.9 Å². The van der Waals surface area contributed by atoms with E-state index in [0.29, 0.717) is 12.0 Å². The van der Waals surface area contributed by atoms with Gasteiger partial charge in [-0.05, 0) is 62.1 Å². The van der Waals surface area contributed by atoms with Crippen molar-refractivity contribution in [1.82, 2.24) is 15.0 Å². The van der Waals surface area contributed by atoms with Gasteiger partial charge in [0.25, 0.3) is 0 Å². The molecular formula is C24H31N3O4. The first-order chi connectivity index (χ1) is 15.0. The number of carboxylic acids is 1. The highest BCUT2D eigenvalue weighted by molar-refractivity contribution is 5.80. The molecule has 1 aliphatic rings. The van der Waals surface area contributed by atoms with E-state index in [1.165, 1.54) is 50.0 Å². The maximum Gasteiger partial charge on any atom is 0.316 e. The minimum Gasteiger partial charge on any atom is -0.481 e. The van der Waals surface area contributed by atoms with Crippen molar-refractivity contribution < 1.29 is 19.4 Å². The van der Waals surface area contributed by atoms with Crippen LogP contribution in [0.1, 0.15) is 79.8 Å². The number of carbonyl (C=O) groups excluding carboxylic acids is 1. The Labute approximate surface area is 183 Å². The van der Waals surface area contributed by atoms with E-state index in [4.69, 9.17) is 9.72 Å². The molecule has 0 spiro atoms. The molecular weight excluding hydrogens is 394 g/mol. The van der Waals surface area contributed by atoms with E-state index >= 15 is 0 Å². The monoisotopic (exact) mass is 425 g/mol. The lowest BCUT2D eigenvalue weighted by Crippen LogP contribution is -2.12. The molecule has 1 unspecified atom stereocenters. The van der Waals surface area contributed by atoms with Crippen LogP contribution in [0.3, 0.4) is 0 Å². The Kier molecular flexibility index (Phi) is 8.50. The molecule has 2 aromatic heterocycles. The van der Waals surface area contributed by atoms with E-state index in [9.17, 15) is 14.7 Å². The van der Waals surface area contributed by atoms with Gasteiger partial charge in [0.05, 0.1) is 13.5 Å². The second-order valence-corrected chi connectivity index (χ2v) is 8.22. The molecule has 0 radical (unpaired) electrons. The van der Waals surface area contributed by atoms with Crippen molar-refractivity contribution in [3.05, 3.63) is 47.0 Å². The lowest BCUT2D eigenvalue weighted by molar-refractivity contribution is -0.137. The average Bonchev–Trinajstić information content (AvgIpc) is 3.01. The molecule has 0 saturated heterocycles. The predicted molar refractivity (Wildman–Crippen MR) is 116 cm³/mol. The molecule has 0 aromatic carbocycles. The summed E-state index contributed by atoms with van der Waals surface area (Å²) in [6.45, 7) is 0. The summed E-state index contributed by atoms with van der Waals surface area (Å²) in [7, 11) is 1.47. The normalized spacial score (nSPS) is 14.4. The van der Waals surface area contributed by atoms with E-state index in [-0.39, 0.29) is 24.6 Å². The molecule has 0 bridgehead atoms. The molecule has 31 heavy (non-hydrogen) atoms. The van der Waals surface area contributed by atoms with Crippen molar-refractivity contribution in [2.75, 3.05) is 7.11 Å². The summed E-state index contributed by atoms with van der Waals surface area (Å²) in [5.74, 6) is -1.30. The molecule has 1 aliphatic carbocycles. The van der Waals surface area contributed by atoms with Crippen LogP contribution in [-0.2, 0) is 28.9 Å². The minimum absolute atomic E-state index is 0.0666. The van der Waals surface area contributed by atoms with Crippen LogP contribution in [0.25, 0.3) is 0 Å². The maximum absolute atomic E-state index is 12.5. The molecule has 7 nitrogen and oxygen atoms in total. The van der Waals surface area contributed by atoms with Crippen molar-refractivity contribution >= 4 is 11.8 Å². The molecule has 7 heteroatoms. The second-order valence-electron chi connectivity index (χ2n) is 8.22. The van der Waals surface area contributed by atoms with E-state index in [0.717, 1.165) is 37.8 Å². The zero-order valence-corrected chi connectivity index (χ0v) is 18.2. The Morgan fingerprint density at radius 2 is 1.84 bits per heavy atom. The number of carboxylic acid groups (broad SMARTS) is 1. The molecule has 2 heterocycles. The fourth-order valence-electron chi connectivity index (χ4n) is 4.11. The van der Waals surface area contributed by atoms with Crippen molar-refractivity contribution in [2.45, 2.75) is 76.5 Å². The molecule has 2 aromatic rings. The zero-order chi connectivity index (χ0) is 22.1. The number of hydrogen-bond donors (Lipinski definition) is 1. The highest BCUT2D eigenvalue weighted by atomic mass is 16.5. The lowest BCUT2D eigenvalue weighted by atomic mass is 9.91. The third-order valence-electron chi connectivity index (χ3n) is 5.82. The Morgan fingerprint density at radius 1 is 1.06 bits per heavy atom. The van der Waals surface area contributed by atoms with Gasteiger partial charge in [0, 0.05) is 42.5 Å². The van der Waals surface area contributed by atoms with Gasteiger partial charge in [0.15, 0.2) is 0 Å². The number of fused-ring (bicyclic) bond motifs is 1. The standard InChI is InChI=1S/C24H31N3O4/c1-31-24-25-15-19(16-26-24)18(14-23(29)30)13-21(28)9-6-5-8-20-12-11-17-7-3-2-4-10-22(17)27-20/h11-12,15-16,18H,2-10,13-14H2,1H3,(H,29,30). The van der Waals surface area contributed by atoms with Crippen LogP contribution >= 0.6 is 0 Å². The van der Waals surface area contributed by atoms with Gasteiger partial charge >= 0.3 is 12.0 Å². The molecule has 0 amide bonds. The van der Waals surface area contributed by atoms with E-state index in [1.54, 1.807) is 0 Å². The smallest absolute Gasteiger partial charge is 0.316 e. The number of methoxy groups -OCH3 is 1. The highest BCUT2D eigenvalue weighted by Gasteiger charge is 2.20. The average molecular weight is 426 g/mol. The molecule has 166 valence electrons. The van der Waals surface area contributed by atoms with Gasteiger partial charge in [-0.15, -0.1) is 0 Å². The maximum atomic E-state index is 12.5. The van der Waals surface area contributed by atoms with Gasteiger partial charge in [-0.3, -0.25) is 14.6 Å². The lowest BCUT2D eigenvalue weighted by Gasteiger charge is -2.14. The molecule has 1 N–H and O–H groups in total. The van der Waals surface area contributed by atoms with Gasteiger partial charge in [-0.25, -0.2) is 9.97 Å². The van der Waals surface area contributed by atoms with Crippen LogP contribution < -0.4 is 4.74 Å². The van der Waals surface area contributed by atoms with Crippen LogP contribution in [0.4, 0.5) is 0 Å². The van der Waals surface area contributed by atoms with Gasteiger partial charge in [0.2, 0.25) is 0 Å². The number of nitrogens with zero attached hydrogens (tertiary/aromatic N) is 3. The van der Waals surface area contributed by atoms with Gasteiger partial charge < -0.3 is 9.84 Å². The van der Waals surface area contributed by atoms with Crippen LogP contribution in [0, 0.1) is 0 Å². The summed E-state index contributed by atoms with van der Waals surface area (Å²) < 4.78 is 4.94. The van der Waals surface area contributed by atoms with Gasteiger partial charge in [-0.1, -0.05) is 12.5 Å². The highest BCUT2D eigenvalue weighted by Crippen LogP contribution is 2.25. The summed E-state index contributed by atoms with van der Waals surface area (Å²) in [5, 5.41) is 9.22. The van der Waals surface area contributed by atoms with Crippen molar-refractivity contribution in [2.24, 2.45) is 0 Å². The fraction of sp³-hybridized carbons (Fsp3) is 0.542. The zero-order valence-electron chi connectivity index (χ0n) is 18.2. The molecule has 0 saturated carbocycles. The summed E-state index contributed by atoms with van der Waals surface area (Å²) in [6, 6.07) is 4.57. The number of aliphatic carboxylic acids is 1. The number of pyridine rings is 1. The Bertz CT molecular complexity index is 883. The Morgan fingerprint density at radius 3 is 2.58 bits per heavy atom. The summed E-state index contributed by atoms with van der Waals surface area (Å²) >= 11 is 0. The SMILES string of the molecule is COc1ncc(C(CC(=O)O)CC(=O)CCCCc2ccc3c(n2)CCCCC3)cn1. The first-order valence-electron chi connectivity index (χ1n) is 11.1. The third-order valence-corrected chi connectivity index (χ3v) is 5.82. The van der Waals surface area contributed by atoms with Crippen molar-refractivity contribution in [3.8, 4) is 6.01 Å². The van der Waals surface area contributed by atoms with E-state index in [2.05, 4.69) is 22.1 Å². The second kappa shape index (κ2) is 11.5. The third kappa shape index (κ3) is 7.12. The minimum atomic E-state index is -0.942. The predicted octanol–water partition coefficient (Wildman–Crippen LogP) is 4.08. The molecule has 1 atom stereocenters. The van der Waals surface area contributed by atoms with Crippen molar-refractivity contribution in [1.29, 1.82) is 0 Å². The number of hydrogen-bond acceptors (Lipinski definition) is 6. The number of unbranched alkanes of at least 4 members (excludes halogenated alkanes) is 1. The summed E-state index contributed by atoms with van der Waals surface area (Å²) in [4.78, 5) is 36.7. The quantitative estimate of drug-likeness (QED) is 0.427. The fourth-order valence-corrected chi connectivity index (χ4v) is 4.11. The molecule has 0 aliphatic heterocycles. The van der Waals surface area contributed by atoms with Gasteiger partial charge in [0.1, 0.15) is 5.78 Å². The van der Waals surface area contributed by atoms with Crippen LogP contribution in [0.5, 0.6) is 6.01 Å². The number of aromatic nitrogens is 3. The molecule has 3 rings (SSSR count). The topological polar surface area (TPSA) is 102 Å².